The average Bonchev–Trinajstić information content (AvgIpc) is 2.28. The number of rotatable bonds is 6. The molecule has 1 aromatic carbocycles. The Morgan fingerprint density at radius 3 is 2.76 bits per heavy atom. The molecule has 0 aliphatic carbocycles. The summed E-state index contributed by atoms with van der Waals surface area (Å²) >= 11 is 5.99. The smallest absolute Gasteiger partial charge is 0.333 e. The van der Waals surface area contributed by atoms with E-state index in [0.29, 0.717) is 18.1 Å². The van der Waals surface area contributed by atoms with Crippen LogP contribution in [0.3, 0.4) is 0 Å². The van der Waals surface area contributed by atoms with Gasteiger partial charge in [-0.2, -0.15) is 0 Å². The van der Waals surface area contributed by atoms with Crippen LogP contribution in [0.5, 0.6) is 0 Å². The van der Waals surface area contributed by atoms with Gasteiger partial charge >= 0.3 is 5.97 Å². The van der Waals surface area contributed by atoms with E-state index in [0.717, 1.165) is 17.5 Å². The first-order valence-corrected chi connectivity index (χ1v) is 6.01. The number of aryl methyl sites for hydroxylation is 1. The van der Waals surface area contributed by atoms with Crippen LogP contribution in [0.1, 0.15) is 24.5 Å². The van der Waals surface area contributed by atoms with Crippen molar-refractivity contribution in [3.8, 4) is 0 Å². The third-order valence-electron chi connectivity index (χ3n) is 2.46. The van der Waals surface area contributed by atoms with E-state index in [-0.39, 0.29) is 0 Å². The van der Waals surface area contributed by atoms with Gasteiger partial charge in [-0.05, 0) is 30.5 Å². The van der Waals surface area contributed by atoms with Crippen LogP contribution in [0.15, 0.2) is 18.2 Å². The van der Waals surface area contributed by atoms with Crippen molar-refractivity contribution in [3.05, 3.63) is 34.3 Å². The van der Waals surface area contributed by atoms with Crippen LogP contribution >= 0.6 is 11.6 Å². The van der Waals surface area contributed by atoms with Gasteiger partial charge in [0.15, 0.2) is 6.10 Å². The second-order valence-electron chi connectivity index (χ2n) is 3.99. The molecule has 0 spiro atoms. The molecular formula is C13H17ClO3. The number of hydrogen-bond donors (Lipinski definition) is 1. The van der Waals surface area contributed by atoms with Gasteiger partial charge < -0.3 is 9.84 Å². The number of ether oxygens (including phenoxy) is 1. The molecule has 0 saturated carbocycles. The van der Waals surface area contributed by atoms with Crippen LogP contribution < -0.4 is 0 Å². The van der Waals surface area contributed by atoms with Crippen molar-refractivity contribution >= 4 is 17.6 Å². The van der Waals surface area contributed by atoms with E-state index in [1.165, 1.54) is 0 Å². The van der Waals surface area contributed by atoms with Crippen molar-refractivity contribution in [2.75, 3.05) is 6.61 Å². The van der Waals surface area contributed by atoms with E-state index in [1.54, 1.807) is 6.07 Å². The molecule has 1 aromatic rings. The fourth-order valence-electron chi connectivity index (χ4n) is 1.46. The molecular weight excluding hydrogens is 240 g/mol. The lowest BCUT2D eigenvalue weighted by atomic mass is 10.1. The highest BCUT2D eigenvalue weighted by atomic mass is 35.5. The Morgan fingerprint density at radius 1 is 1.53 bits per heavy atom. The van der Waals surface area contributed by atoms with Crippen molar-refractivity contribution < 1.29 is 14.6 Å². The highest BCUT2D eigenvalue weighted by molar-refractivity contribution is 6.31. The molecule has 94 valence electrons. The Kier molecular flexibility index (Phi) is 5.45. The van der Waals surface area contributed by atoms with Gasteiger partial charge in [0.2, 0.25) is 0 Å². The molecule has 0 bridgehead atoms. The molecule has 0 fully saturated rings. The summed E-state index contributed by atoms with van der Waals surface area (Å²) < 4.78 is 5.28. The van der Waals surface area contributed by atoms with Crippen molar-refractivity contribution in [2.24, 2.45) is 0 Å². The molecule has 1 atom stereocenters. The number of carboxylic acids is 1. The quantitative estimate of drug-likeness (QED) is 0.851. The van der Waals surface area contributed by atoms with Crippen molar-refractivity contribution in [1.29, 1.82) is 0 Å². The van der Waals surface area contributed by atoms with Gasteiger partial charge in [-0.1, -0.05) is 30.7 Å². The highest BCUT2D eigenvalue weighted by Crippen LogP contribution is 2.18. The maximum Gasteiger partial charge on any atom is 0.333 e. The minimum atomic E-state index is -0.935. The minimum Gasteiger partial charge on any atom is -0.479 e. The third-order valence-corrected chi connectivity index (χ3v) is 2.86. The SMILES string of the molecule is CCCO[C@@H](Cc1ccc(C)c(Cl)c1)C(=O)O. The molecule has 0 aliphatic rings. The number of hydrogen-bond acceptors (Lipinski definition) is 2. The lowest BCUT2D eigenvalue weighted by molar-refractivity contribution is -0.150. The Bertz CT molecular complexity index is 390. The number of carbonyl (C=O) groups is 1. The summed E-state index contributed by atoms with van der Waals surface area (Å²) in [6, 6.07) is 5.56. The number of benzene rings is 1. The molecule has 0 amide bonds. The van der Waals surface area contributed by atoms with Gasteiger partial charge in [-0.3, -0.25) is 0 Å². The van der Waals surface area contributed by atoms with Crippen LogP contribution in [0.4, 0.5) is 0 Å². The zero-order chi connectivity index (χ0) is 12.8. The normalized spacial score (nSPS) is 12.4. The number of aliphatic carboxylic acids is 1. The Labute approximate surface area is 106 Å². The van der Waals surface area contributed by atoms with Gasteiger partial charge in [-0.15, -0.1) is 0 Å². The first-order valence-electron chi connectivity index (χ1n) is 5.64. The summed E-state index contributed by atoms with van der Waals surface area (Å²) in [4.78, 5) is 11.0. The summed E-state index contributed by atoms with van der Waals surface area (Å²) in [6.45, 7) is 4.31. The van der Waals surface area contributed by atoms with Gasteiger partial charge in [0.05, 0.1) is 0 Å². The molecule has 0 unspecified atom stereocenters. The predicted octanol–water partition coefficient (Wildman–Crippen LogP) is 3.07. The highest BCUT2D eigenvalue weighted by Gasteiger charge is 2.18. The number of halogens is 1. The standard InChI is InChI=1S/C13H17ClO3/c1-3-6-17-12(13(15)16)8-10-5-4-9(2)11(14)7-10/h4-5,7,12H,3,6,8H2,1-2H3,(H,15,16)/t12-/m0/s1. The summed E-state index contributed by atoms with van der Waals surface area (Å²) in [7, 11) is 0. The van der Waals surface area contributed by atoms with E-state index in [4.69, 9.17) is 21.4 Å². The second-order valence-corrected chi connectivity index (χ2v) is 4.39. The third kappa shape index (κ3) is 4.36. The van der Waals surface area contributed by atoms with Crippen molar-refractivity contribution in [2.45, 2.75) is 32.8 Å². The van der Waals surface area contributed by atoms with E-state index in [9.17, 15) is 4.79 Å². The zero-order valence-electron chi connectivity index (χ0n) is 10.1. The Hall–Kier alpha value is -1.06. The minimum absolute atomic E-state index is 0.343. The Morgan fingerprint density at radius 2 is 2.24 bits per heavy atom. The van der Waals surface area contributed by atoms with E-state index in [2.05, 4.69) is 0 Å². The summed E-state index contributed by atoms with van der Waals surface area (Å²) in [5.74, 6) is -0.935. The first-order chi connectivity index (χ1) is 8.04. The van der Waals surface area contributed by atoms with Gasteiger partial charge in [-0.25, -0.2) is 4.79 Å². The van der Waals surface area contributed by atoms with E-state index >= 15 is 0 Å². The lowest BCUT2D eigenvalue weighted by Crippen LogP contribution is -2.26. The van der Waals surface area contributed by atoms with Crippen LogP contribution in [0.25, 0.3) is 0 Å². The second kappa shape index (κ2) is 6.62. The summed E-state index contributed by atoms with van der Waals surface area (Å²) in [5, 5.41) is 9.68. The molecule has 1 N–H and O–H groups in total. The zero-order valence-corrected chi connectivity index (χ0v) is 10.8. The van der Waals surface area contributed by atoms with Crippen LogP contribution in [0, 0.1) is 6.92 Å². The van der Waals surface area contributed by atoms with Crippen molar-refractivity contribution in [1.82, 2.24) is 0 Å². The van der Waals surface area contributed by atoms with Crippen LogP contribution in [-0.4, -0.2) is 23.8 Å². The largest absolute Gasteiger partial charge is 0.479 e. The molecule has 17 heavy (non-hydrogen) atoms. The molecule has 4 heteroatoms. The van der Waals surface area contributed by atoms with E-state index < -0.39 is 12.1 Å². The molecule has 0 radical (unpaired) electrons. The van der Waals surface area contributed by atoms with E-state index in [1.807, 2.05) is 26.0 Å². The predicted molar refractivity (Wildman–Crippen MR) is 67.6 cm³/mol. The topological polar surface area (TPSA) is 46.5 Å². The fourth-order valence-corrected chi connectivity index (χ4v) is 1.66. The molecule has 0 aromatic heterocycles. The van der Waals surface area contributed by atoms with Gasteiger partial charge in [0.25, 0.3) is 0 Å². The van der Waals surface area contributed by atoms with Crippen LogP contribution in [0.2, 0.25) is 5.02 Å². The average molecular weight is 257 g/mol. The molecule has 0 aliphatic heterocycles. The summed E-state index contributed by atoms with van der Waals surface area (Å²) in [6.07, 6.45) is 0.349. The monoisotopic (exact) mass is 256 g/mol. The van der Waals surface area contributed by atoms with Crippen LogP contribution in [-0.2, 0) is 16.0 Å². The molecule has 0 heterocycles. The van der Waals surface area contributed by atoms with Crippen molar-refractivity contribution in [3.63, 3.8) is 0 Å². The number of carboxylic acid groups (broad SMARTS) is 1. The fraction of sp³-hybridized carbons (Fsp3) is 0.462. The molecule has 3 nitrogen and oxygen atoms in total. The maximum absolute atomic E-state index is 11.0. The maximum atomic E-state index is 11.0. The van der Waals surface area contributed by atoms with Gasteiger partial charge in [0.1, 0.15) is 0 Å². The first kappa shape index (κ1) is 14.0. The van der Waals surface area contributed by atoms with Gasteiger partial charge in [0, 0.05) is 18.1 Å². The summed E-state index contributed by atoms with van der Waals surface area (Å²) in [5.41, 5.74) is 1.86. The molecule has 1 rings (SSSR count). The molecule has 0 saturated heterocycles. The lowest BCUT2D eigenvalue weighted by Gasteiger charge is -2.13. The Balaban J connectivity index is 2.71.